The van der Waals surface area contributed by atoms with Crippen molar-refractivity contribution in [3.63, 3.8) is 0 Å². The van der Waals surface area contributed by atoms with Gasteiger partial charge in [-0.1, -0.05) is 24.3 Å². The highest BCUT2D eigenvalue weighted by molar-refractivity contribution is 7.98. The van der Waals surface area contributed by atoms with Gasteiger partial charge in [-0.3, -0.25) is 9.59 Å². The normalized spacial score (nSPS) is 10.9. The number of nitrogens with one attached hydrogen (secondary N) is 2. The molecule has 2 amide bonds. The van der Waals surface area contributed by atoms with Gasteiger partial charge >= 0.3 is 0 Å². The van der Waals surface area contributed by atoms with Crippen molar-refractivity contribution in [2.24, 2.45) is 5.10 Å². The van der Waals surface area contributed by atoms with Crippen molar-refractivity contribution in [3.05, 3.63) is 88.0 Å². The smallest absolute Gasteiger partial charge is 0.274 e. The molecule has 0 aliphatic carbocycles. The molecule has 0 bridgehead atoms. The van der Waals surface area contributed by atoms with E-state index in [0.717, 1.165) is 23.5 Å². The standard InChI is InChI=1S/C23H22FN3O3S2/c24-19-7-2-4-16(13-19)14-25-27-22(30)20-8-11-32-23(20)26-21(29)18-6-1-5-17(12-18)15-31-10-3-9-28/h1-2,4-8,11-14,28H,3,9-10,15H2,(H,26,29)(H,27,30)/b25-14+. The largest absolute Gasteiger partial charge is 0.396 e. The van der Waals surface area contributed by atoms with Crippen molar-refractivity contribution in [3.8, 4) is 0 Å². The number of thiophene rings is 1. The van der Waals surface area contributed by atoms with Gasteiger partial charge in [-0.05, 0) is 59.0 Å². The van der Waals surface area contributed by atoms with Crippen LogP contribution < -0.4 is 10.7 Å². The maximum absolute atomic E-state index is 13.2. The molecule has 2 aromatic carbocycles. The fraction of sp³-hybridized carbons (Fsp3) is 0.174. The fourth-order valence-electron chi connectivity index (χ4n) is 2.73. The first kappa shape index (κ1) is 23.6. The maximum atomic E-state index is 13.2. The van der Waals surface area contributed by atoms with Gasteiger partial charge < -0.3 is 10.4 Å². The molecular weight excluding hydrogens is 449 g/mol. The van der Waals surface area contributed by atoms with E-state index in [1.54, 1.807) is 41.4 Å². The van der Waals surface area contributed by atoms with E-state index in [4.69, 9.17) is 5.11 Å². The zero-order valence-electron chi connectivity index (χ0n) is 17.1. The van der Waals surface area contributed by atoms with Crippen LogP contribution in [0.3, 0.4) is 0 Å². The summed E-state index contributed by atoms with van der Waals surface area (Å²) in [4.78, 5) is 25.2. The molecule has 0 fully saturated rings. The SMILES string of the molecule is O=C(Nc1sccc1C(=O)N/N=C/c1cccc(F)c1)c1cccc(CSCCCO)c1. The minimum Gasteiger partial charge on any atom is -0.396 e. The second-order valence-electron chi connectivity index (χ2n) is 6.70. The summed E-state index contributed by atoms with van der Waals surface area (Å²) in [6.45, 7) is 0.169. The number of hydrogen-bond acceptors (Lipinski definition) is 6. The molecule has 0 saturated carbocycles. The number of halogens is 1. The number of carbonyl (C=O) groups excluding carboxylic acids is 2. The van der Waals surface area contributed by atoms with Gasteiger partial charge in [0, 0.05) is 17.9 Å². The first-order valence-electron chi connectivity index (χ1n) is 9.82. The Bertz CT molecular complexity index is 1100. The van der Waals surface area contributed by atoms with Crippen molar-refractivity contribution >= 4 is 46.1 Å². The summed E-state index contributed by atoms with van der Waals surface area (Å²) in [5, 5.41) is 17.6. The average Bonchev–Trinajstić information content (AvgIpc) is 3.25. The van der Waals surface area contributed by atoms with E-state index in [1.165, 1.54) is 29.7 Å². The molecule has 3 rings (SSSR count). The lowest BCUT2D eigenvalue weighted by Crippen LogP contribution is -2.20. The third-order valence-corrected chi connectivity index (χ3v) is 6.21. The number of amides is 2. The monoisotopic (exact) mass is 471 g/mol. The minimum atomic E-state index is -0.483. The number of benzene rings is 2. The number of aliphatic hydroxyl groups is 1. The first-order chi connectivity index (χ1) is 15.6. The minimum absolute atomic E-state index is 0.169. The quantitative estimate of drug-likeness (QED) is 0.230. The molecule has 32 heavy (non-hydrogen) atoms. The van der Waals surface area contributed by atoms with Gasteiger partial charge in [0.15, 0.2) is 0 Å². The molecule has 0 radical (unpaired) electrons. The lowest BCUT2D eigenvalue weighted by molar-refractivity contribution is 0.0956. The predicted molar refractivity (Wildman–Crippen MR) is 128 cm³/mol. The number of rotatable bonds is 10. The molecule has 3 aromatic rings. The molecule has 0 aliphatic rings. The molecule has 0 aliphatic heterocycles. The van der Waals surface area contributed by atoms with E-state index in [1.807, 2.05) is 18.2 Å². The number of anilines is 1. The van der Waals surface area contributed by atoms with E-state index in [-0.39, 0.29) is 18.1 Å². The lowest BCUT2D eigenvalue weighted by Gasteiger charge is -2.07. The molecule has 0 atom stereocenters. The van der Waals surface area contributed by atoms with Crippen LogP contribution in [0.25, 0.3) is 0 Å². The number of nitrogens with zero attached hydrogens (tertiary/aromatic N) is 1. The highest BCUT2D eigenvalue weighted by Crippen LogP contribution is 2.24. The molecule has 3 N–H and O–H groups in total. The van der Waals surface area contributed by atoms with E-state index < -0.39 is 11.7 Å². The van der Waals surface area contributed by atoms with Crippen LogP contribution in [0.15, 0.2) is 65.1 Å². The number of hydrazone groups is 1. The molecule has 6 nitrogen and oxygen atoms in total. The summed E-state index contributed by atoms with van der Waals surface area (Å²) >= 11 is 2.93. The fourth-order valence-corrected chi connectivity index (χ4v) is 4.40. The highest BCUT2D eigenvalue weighted by atomic mass is 32.2. The van der Waals surface area contributed by atoms with Crippen LogP contribution in [-0.2, 0) is 5.75 Å². The van der Waals surface area contributed by atoms with Crippen LogP contribution in [0.4, 0.5) is 9.39 Å². The Labute approximate surface area is 193 Å². The number of aliphatic hydroxyl groups excluding tert-OH is 1. The predicted octanol–water partition coefficient (Wildman–Crippen LogP) is 4.52. The molecule has 1 aromatic heterocycles. The summed E-state index contributed by atoms with van der Waals surface area (Å²) in [6.07, 6.45) is 2.08. The zero-order chi connectivity index (χ0) is 22.8. The van der Waals surface area contributed by atoms with E-state index in [0.29, 0.717) is 16.1 Å². The third kappa shape index (κ3) is 7.01. The van der Waals surface area contributed by atoms with Gasteiger partial charge in [0.2, 0.25) is 0 Å². The van der Waals surface area contributed by atoms with Gasteiger partial charge in [0.05, 0.1) is 11.8 Å². The second-order valence-corrected chi connectivity index (χ2v) is 8.72. The van der Waals surface area contributed by atoms with Gasteiger partial charge in [-0.15, -0.1) is 11.3 Å². The average molecular weight is 472 g/mol. The van der Waals surface area contributed by atoms with Gasteiger partial charge in [0.1, 0.15) is 10.8 Å². The summed E-state index contributed by atoms with van der Waals surface area (Å²) in [5.41, 5.74) is 4.70. The van der Waals surface area contributed by atoms with Gasteiger partial charge in [-0.25, -0.2) is 9.82 Å². The van der Waals surface area contributed by atoms with Crippen LogP contribution in [0.1, 0.15) is 38.3 Å². The van der Waals surface area contributed by atoms with Crippen LogP contribution in [0.5, 0.6) is 0 Å². The van der Waals surface area contributed by atoms with Gasteiger partial charge in [-0.2, -0.15) is 16.9 Å². The van der Waals surface area contributed by atoms with Crippen molar-refractivity contribution in [2.45, 2.75) is 12.2 Å². The molecule has 1 heterocycles. The van der Waals surface area contributed by atoms with Crippen molar-refractivity contribution < 1.29 is 19.1 Å². The Morgan fingerprint density at radius 2 is 1.97 bits per heavy atom. The Balaban J connectivity index is 1.60. The van der Waals surface area contributed by atoms with Crippen LogP contribution in [0, 0.1) is 5.82 Å². The van der Waals surface area contributed by atoms with E-state index in [2.05, 4.69) is 15.8 Å². The highest BCUT2D eigenvalue weighted by Gasteiger charge is 2.16. The van der Waals surface area contributed by atoms with E-state index in [9.17, 15) is 14.0 Å². The zero-order valence-corrected chi connectivity index (χ0v) is 18.7. The molecule has 0 spiro atoms. The Morgan fingerprint density at radius 1 is 1.12 bits per heavy atom. The second kappa shape index (κ2) is 12.1. The maximum Gasteiger partial charge on any atom is 0.274 e. The van der Waals surface area contributed by atoms with Crippen LogP contribution >= 0.6 is 23.1 Å². The third-order valence-electron chi connectivity index (χ3n) is 4.27. The Kier molecular flexibility index (Phi) is 8.97. The number of carbonyl (C=O) groups is 2. The van der Waals surface area contributed by atoms with E-state index >= 15 is 0 Å². The lowest BCUT2D eigenvalue weighted by atomic mass is 10.1. The molecule has 0 unspecified atom stereocenters. The van der Waals surface area contributed by atoms with Crippen LogP contribution in [-0.4, -0.2) is 35.5 Å². The molecule has 166 valence electrons. The summed E-state index contributed by atoms with van der Waals surface area (Å²) in [7, 11) is 0. The van der Waals surface area contributed by atoms with Gasteiger partial charge in [0.25, 0.3) is 11.8 Å². The summed E-state index contributed by atoms with van der Waals surface area (Å²) in [5.74, 6) is 0.408. The Morgan fingerprint density at radius 3 is 2.78 bits per heavy atom. The summed E-state index contributed by atoms with van der Waals surface area (Å²) < 4.78 is 13.2. The van der Waals surface area contributed by atoms with Crippen molar-refractivity contribution in [1.82, 2.24) is 5.43 Å². The first-order valence-corrected chi connectivity index (χ1v) is 11.9. The summed E-state index contributed by atoms with van der Waals surface area (Å²) in [6, 6.07) is 14.7. The Hall–Kier alpha value is -3.01. The topological polar surface area (TPSA) is 90.8 Å². The van der Waals surface area contributed by atoms with Crippen LogP contribution in [0.2, 0.25) is 0 Å². The molecule has 9 heteroatoms. The molecule has 0 saturated heterocycles. The van der Waals surface area contributed by atoms with Crippen molar-refractivity contribution in [1.29, 1.82) is 0 Å². The molecular formula is C23H22FN3O3S2. The number of thioether (sulfide) groups is 1. The number of hydrogen-bond donors (Lipinski definition) is 3. The van der Waals surface area contributed by atoms with Crippen molar-refractivity contribution in [2.75, 3.05) is 17.7 Å².